The van der Waals surface area contributed by atoms with E-state index in [2.05, 4.69) is 0 Å². The van der Waals surface area contributed by atoms with E-state index in [-0.39, 0.29) is 13.2 Å². The largest absolute Gasteiger partial charge is 0.457 e. The molecule has 110 valence electrons. The van der Waals surface area contributed by atoms with Gasteiger partial charge in [-0.3, -0.25) is 9.59 Å². The minimum atomic E-state index is -0.680. The lowest BCUT2D eigenvalue weighted by atomic mass is 9.99. The molecule has 0 radical (unpaired) electrons. The monoisotopic (exact) mass is 276 g/mol. The fraction of sp³-hybridized carbons (Fsp3) is 0.833. The summed E-state index contributed by atoms with van der Waals surface area (Å²) in [6, 6.07) is 0. The summed E-state index contributed by atoms with van der Waals surface area (Å²) in [7, 11) is 2.99. The van der Waals surface area contributed by atoms with Crippen molar-refractivity contribution in [1.82, 2.24) is 0 Å². The molecule has 7 heteroatoms. The average Bonchev–Trinajstić information content (AvgIpc) is 2.31. The Hall–Kier alpha value is -1.18. The Kier molecular flexibility index (Phi) is 6.20. The smallest absolute Gasteiger partial charge is 0.303 e. The second-order valence-electron chi connectivity index (χ2n) is 4.25. The Bertz CT molecular complexity index is 317. The van der Waals surface area contributed by atoms with Gasteiger partial charge in [0.1, 0.15) is 12.2 Å². The summed E-state index contributed by atoms with van der Waals surface area (Å²) in [5.41, 5.74) is 0. The van der Waals surface area contributed by atoms with E-state index in [0.29, 0.717) is 0 Å². The standard InChI is InChI=1S/C12H20O7/c1-7(13)18-10-6-17-9(5-15-3)12(11(10)16-4)19-8(2)14/h9-12H,5-6H2,1-4H3/t9-,10+,11-,12-/m1/s1. The van der Waals surface area contributed by atoms with Crippen LogP contribution in [0.4, 0.5) is 0 Å². The Labute approximate surface area is 112 Å². The first-order valence-corrected chi connectivity index (χ1v) is 5.97. The second-order valence-corrected chi connectivity index (χ2v) is 4.25. The Balaban J connectivity index is 2.83. The molecule has 19 heavy (non-hydrogen) atoms. The van der Waals surface area contributed by atoms with E-state index in [4.69, 9.17) is 23.7 Å². The molecular weight excluding hydrogens is 256 g/mol. The van der Waals surface area contributed by atoms with Crippen molar-refractivity contribution in [3.63, 3.8) is 0 Å². The highest BCUT2D eigenvalue weighted by atomic mass is 16.6. The molecule has 0 amide bonds. The van der Waals surface area contributed by atoms with Gasteiger partial charge in [-0.05, 0) is 0 Å². The van der Waals surface area contributed by atoms with Crippen LogP contribution in [0.1, 0.15) is 13.8 Å². The predicted octanol–water partition coefficient (Wildman–Crippen LogP) is -0.0900. The van der Waals surface area contributed by atoms with Crippen LogP contribution in [0.25, 0.3) is 0 Å². The summed E-state index contributed by atoms with van der Waals surface area (Å²) in [4.78, 5) is 22.2. The van der Waals surface area contributed by atoms with Gasteiger partial charge in [-0.15, -0.1) is 0 Å². The number of hydrogen-bond acceptors (Lipinski definition) is 7. The van der Waals surface area contributed by atoms with Crippen LogP contribution in [0.2, 0.25) is 0 Å². The molecule has 1 rings (SSSR count). The van der Waals surface area contributed by atoms with Gasteiger partial charge in [-0.2, -0.15) is 0 Å². The van der Waals surface area contributed by atoms with E-state index in [1.807, 2.05) is 0 Å². The van der Waals surface area contributed by atoms with Gasteiger partial charge in [0.15, 0.2) is 12.2 Å². The lowest BCUT2D eigenvalue weighted by Crippen LogP contribution is -2.57. The predicted molar refractivity (Wildman–Crippen MR) is 63.5 cm³/mol. The summed E-state index contributed by atoms with van der Waals surface area (Å²) in [5, 5.41) is 0. The third-order valence-electron chi connectivity index (χ3n) is 2.75. The summed E-state index contributed by atoms with van der Waals surface area (Å²) in [5.74, 6) is -0.900. The van der Waals surface area contributed by atoms with E-state index in [1.165, 1.54) is 28.1 Å². The van der Waals surface area contributed by atoms with Crippen molar-refractivity contribution in [2.75, 3.05) is 27.4 Å². The maximum Gasteiger partial charge on any atom is 0.303 e. The fourth-order valence-electron chi connectivity index (χ4n) is 2.07. The van der Waals surface area contributed by atoms with Gasteiger partial charge in [0, 0.05) is 28.1 Å². The molecular formula is C12H20O7. The molecule has 0 aromatic heterocycles. The van der Waals surface area contributed by atoms with Crippen molar-refractivity contribution in [1.29, 1.82) is 0 Å². The molecule has 0 aromatic carbocycles. The van der Waals surface area contributed by atoms with E-state index in [1.54, 1.807) is 0 Å². The molecule has 0 N–H and O–H groups in total. The van der Waals surface area contributed by atoms with Crippen LogP contribution in [-0.4, -0.2) is 63.8 Å². The number of hydrogen-bond donors (Lipinski definition) is 0. The van der Waals surface area contributed by atoms with Gasteiger partial charge < -0.3 is 23.7 Å². The number of ether oxygens (including phenoxy) is 5. The molecule has 1 fully saturated rings. The topological polar surface area (TPSA) is 80.3 Å². The van der Waals surface area contributed by atoms with Crippen LogP contribution >= 0.6 is 0 Å². The molecule has 7 nitrogen and oxygen atoms in total. The average molecular weight is 276 g/mol. The number of esters is 2. The number of rotatable bonds is 5. The SMILES string of the molecule is COC[C@H]1OC[C@H](OC(C)=O)[C@@H](OC)[C@@H]1OC(C)=O. The maximum absolute atomic E-state index is 11.2. The molecule has 1 aliphatic heterocycles. The second kappa shape index (κ2) is 7.42. The number of carbonyl (C=O) groups excluding carboxylic acids is 2. The Morgan fingerprint density at radius 2 is 1.74 bits per heavy atom. The normalized spacial score (nSPS) is 30.7. The first-order valence-electron chi connectivity index (χ1n) is 5.97. The molecule has 0 spiro atoms. The summed E-state index contributed by atoms with van der Waals surface area (Å²) < 4.78 is 26.2. The van der Waals surface area contributed by atoms with Crippen LogP contribution < -0.4 is 0 Å². The number of methoxy groups -OCH3 is 2. The summed E-state index contributed by atoms with van der Waals surface area (Å²) in [6.07, 6.45) is -2.33. The number of carbonyl (C=O) groups is 2. The molecule has 0 unspecified atom stereocenters. The third kappa shape index (κ3) is 4.45. The Morgan fingerprint density at radius 1 is 1.11 bits per heavy atom. The van der Waals surface area contributed by atoms with Crippen LogP contribution in [0.3, 0.4) is 0 Å². The highest BCUT2D eigenvalue weighted by Gasteiger charge is 2.44. The lowest BCUT2D eigenvalue weighted by Gasteiger charge is -2.40. The van der Waals surface area contributed by atoms with Gasteiger partial charge in [-0.1, -0.05) is 0 Å². The van der Waals surface area contributed by atoms with E-state index in [9.17, 15) is 9.59 Å². The molecule has 0 bridgehead atoms. The lowest BCUT2D eigenvalue weighted by molar-refractivity contribution is -0.227. The molecule has 4 atom stereocenters. The molecule has 0 saturated carbocycles. The minimum absolute atomic E-state index is 0.171. The summed E-state index contributed by atoms with van der Waals surface area (Å²) in [6.45, 7) is 3.02. The van der Waals surface area contributed by atoms with Crippen molar-refractivity contribution >= 4 is 11.9 Å². The third-order valence-corrected chi connectivity index (χ3v) is 2.75. The van der Waals surface area contributed by atoms with Crippen molar-refractivity contribution < 1.29 is 33.3 Å². The van der Waals surface area contributed by atoms with Gasteiger partial charge in [-0.25, -0.2) is 0 Å². The van der Waals surface area contributed by atoms with Crippen LogP contribution in [-0.2, 0) is 33.3 Å². The van der Waals surface area contributed by atoms with Gasteiger partial charge in [0.2, 0.25) is 0 Å². The fourth-order valence-corrected chi connectivity index (χ4v) is 2.07. The zero-order chi connectivity index (χ0) is 14.4. The van der Waals surface area contributed by atoms with E-state index in [0.717, 1.165) is 0 Å². The zero-order valence-corrected chi connectivity index (χ0v) is 11.6. The first-order chi connectivity index (χ1) is 8.99. The highest BCUT2D eigenvalue weighted by molar-refractivity contribution is 5.67. The van der Waals surface area contributed by atoms with Crippen molar-refractivity contribution in [3.8, 4) is 0 Å². The molecule has 0 aromatic rings. The highest BCUT2D eigenvalue weighted by Crippen LogP contribution is 2.23. The van der Waals surface area contributed by atoms with Crippen LogP contribution in [0.5, 0.6) is 0 Å². The van der Waals surface area contributed by atoms with E-state index >= 15 is 0 Å². The van der Waals surface area contributed by atoms with Gasteiger partial charge >= 0.3 is 11.9 Å². The quantitative estimate of drug-likeness (QED) is 0.649. The van der Waals surface area contributed by atoms with Gasteiger partial charge in [0.05, 0.1) is 13.2 Å². The van der Waals surface area contributed by atoms with Gasteiger partial charge in [0.25, 0.3) is 0 Å². The Morgan fingerprint density at radius 3 is 2.21 bits per heavy atom. The molecule has 1 saturated heterocycles. The first kappa shape index (κ1) is 15.9. The minimum Gasteiger partial charge on any atom is -0.457 e. The van der Waals surface area contributed by atoms with Crippen molar-refractivity contribution in [2.45, 2.75) is 38.3 Å². The molecule has 0 aliphatic carbocycles. The maximum atomic E-state index is 11.2. The molecule has 1 aliphatic rings. The van der Waals surface area contributed by atoms with Crippen LogP contribution in [0.15, 0.2) is 0 Å². The summed E-state index contributed by atoms with van der Waals surface area (Å²) >= 11 is 0. The van der Waals surface area contributed by atoms with Crippen LogP contribution in [0, 0.1) is 0 Å². The van der Waals surface area contributed by atoms with Crippen molar-refractivity contribution in [2.24, 2.45) is 0 Å². The van der Waals surface area contributed by atoms with Crippen molar-refractivity contribution in [3.05, 3.63) is 0 Å². The molecule has 1 heterocycles. The van der Waals surface area contributed by atoms with E-state index < -0.39 is 36.4 Å². The zero-order valence-electron chi connectivity index (χ0n) is 11.6.